The number of benzene rings is 2. The zero-order valence-electron chi connectivity index (χ0n) is 22.5. The molecule has 1 aliphatic heterocycles. The number of hydrogen-bond acceptors (Lipinski definition) is 7. The number of rotatable bonds is 13. The van der Waals surface area contributed by atoms with Crippen LogP contribution in [0.4, 0.5) is 0 Å². The fourth-order valence-corrected chi connectivity index (χ4v) is 4.60. The first-order valence-corrected chi connectivity index (χ1v) is 12.9. The molecule has 0 aliphatic carbocycles. The van der Waals surface area contributed by atoms with Gasteiger partial charge in [-0.05, 0) is 81.9 Å². The zero-order valence-corrected chi connectivity index (χ0v) is 22.5. The van der Waals surface area contributed by atoms with Crippen molar-refractivity contribution in [3.8, 4) is 17.2 Å². The molecule has 0 spiro atoms. The van der Waals surface area contributed by atoms with Crippen LogP contribution in [0.1, 0.15) is 51.3 Å². The van der Waals surface area contributed by atoms with Crippen LogP contribution in [0.2, 0.25) is 0 Å². The highest BCUT2D eigenvalue weighted by atomic mass is 16.5. The highest BCUT2D eigenvalue weighted by Crippen LogP contribution is 2.42. The Kier molecular flexibility index (Phi) is 9.97. The topological polar surface area (TPSA) is 88.5 Å². The minimum atomic E-state index is -0.756. The van der Waals surface area contributed by atoms with Crippen LogP contribution in [-0.4, -0.2) is 73.1 Å². The third-order valence-corrected chi connectivity index (χ3v) is 6.55. The lowest BCUT2D eigenvalue weighted by Gasteiger charge is -2.27. The van der Waals surface area contributed by atoms with E-state index >= 15 is 0 Å². The summed E-state index contributed by atoms with van der Waals surface area (Å²) in [5.41, 5.74) is 1.16. The lowest BCUT2D eigenvalue weighted by atomic mass is 9.95. The molecule has 1 aliphatic rings. The van der Waals surface area contributed by atoms with Gasteiger partial charge in [0.15, 0.2) is 11.5 Å². The van der Waals surface area contributed by atoms with Gasteiger partial charge in [0.05, 0.1) is 31.9 Å². The zero-order chi connectivity index (χ0) is 26.9. The maximum atomic E-state index is 13.3. The van der Waals surface area contributed by atoms with Crippen LogP contribution in [0.3, 0.4) is 0 Å². The number of carbonyl (C=O) groups excluding carboxylic acids is 2. The molecule has 200 valence electrons. The Morgan fingerprint density at radius 2 is 1.59 bits per heavy atom. The lowest BCUT2D eigenvalue weighted by Crippen LogP contribution is -2.33. The molecule has 1 fully saturated rings. The summed E-state index contributed by atoms with van der Waals surface area (Å²) in [7, 11) is 1.56. The van der Waals surface area contributed by atoms with Crippen molar-refractivity contribution in [3.05, 3.63) is 59.2 Å². The molecule has 8 nitrogen and oxygen atoms in total. The first kappa shape index (κ1) is 28.1. The predicted octanol–water partition coefficient (Wildman–Crippen LogP) is 4.65. The van der Waals surface area contributed by atoms with Crippen molar-refractivity contribution in [3.63, 3.8) is 0 Å². The Morgan fingerprint density at radius 3 is 2.19 bits per heavy atom. The maximum absolute atomic E-state index is 13.3. The molecule has 1 atom stereocenters. The molecule has 1 N–H and O–H groups in total. The number of ether oxygens (including phenoxy) is 3. The number of aliphatic hydroxyl groups is 1. The van der Waals surface area contributed by atoms with Gasteiger partial charge in [0, 0.05) is 12.1 Å². The average molecular weight is 511 g/mol. The van der Waals surface area contributed by atoms with Crippen LogP contribution in [0, 0.1) is 0 Å². The molecule has 0 aromatic heterocycles. The second-order valence-electron chi connectivity index (χ2n) is 8.67. The van der Waals surface area contributed by atoms with Crippen LogP contribution < -0.4 is 14.2 Å². The van der Waals surface area contributed by atoms with E-state index in [4.69, 9.17) is 14.2 Å². The maximum Gasteiger partial charge on any atom is 0.295 e. The van der Waals surface area contributed by atoms with E-state index in [1.807, 2.05) is 19.9 Å². The summed E-state index contributed by atoms with van der Waals surface area (Å²) in [5, 5.41) is 11.3. The van der Waals surface area contributed by atoms with Gasteiger partial charge >= 0.3 is 0 Å². The smallest absolute Gasteiger partial charge is 0.295 e. The van der Waals surface area contributed by atoms with Crippen molar-refractivity contribution in [2.45, 2.75) is 40.2 Å². The number of ketones is 1. The van der Waals surface area contributed by atoms with E-state index in [0.717, 1.165) is 19.6 Å². The monoisotopic (exact) mass is 510 g/mol. The largest absolute Gasteiger partial charge is 0.507 e. The predicted molar refractivity (Wildman–Crippen MR) is 143 cm³/mol. The Labute approximate surface area is 219 Å². The average Bonchev–Trinajstić information content (AvgIpc) is 3.17. The van der Waals surface area contributed by atoms with Gasteiger partial charge < -0.3 is 29.1 Å². The molecular weight excluding hydrogens is 472 g/mol. The minimum Gasteiger partial charge on any atom is -0.507 e. The molecule has 37 heavy (non-hydrogen) atoms. The molecule has 0 bridgehead atoms. The van der Waals surface area contributed by atoms with Gasteiger partial charge in [-0.1, -0.05) is 19.9 Å². The second-order valence-corrected chi connectivity index (χ2v) is 8.67. The van der Waals surface area contributed by atoms with Crippen molar-refractivity contribution >= 4 is 17.4 Å². The molecule has 8 heteroatoms. The van der Waals surface area contributed by atoms with Crippen molar-refractivity contribution in [2.75, 3.05) is 46.5 Å². The lowest BCUT2D eigenvalue weighted by molar-refractivity contribution is -0.140. The summed E-state index contributed by atoms with van der Waals surface area (Å²) in [6.07, 6.45) is 0.698. The van der Waals surface area contributed by atoms with E-state index in [1.165, 1.54) is 0 Å². The molecule has 1 amide bonds. The quantitative estimate of drug-likeness (QED) is 0.238. The third-order valence-electron chi connectivity index (χ3n) is 6.55. The van der Waals surface area contributed by atoms with E-state index in [0.29, 0.717) is 54.6 Å². The number of aliphatic hydroxyl groups excluding tert-OH is 1. The van der Waals surface area contributed by atoms with E-state index in [9.17, 15) is 14.7 Å². The van der Waals surface area contributed by atoms with Gasteiger partial charge in [0.2, 0.25) is 0 Å². The number of methoxy groups -OCH3 is 1. The van der Waals surface area contributed by atoms with Crippen molar-refractivity contribution in [1.82, 2.24) is 9.80 Å². The fraction of sp³-hybridized carbons (Fsp3) is 0.448. The summed E-state index contributed by atoms with van der Waals surface area (Å²) in [5.74, 6) is 0.197. The third kappa shape index (κ3) is 6.25. The second kappa shape index (κ2) is 13.1. The first-order chi connectivity index (χ1) is 17.9. The van der Waals surface area contributed by atoms with Gasteiger partial charge in [-0.2, -0.15) is 0 Å². The highest BCUT2D eigenvalue weighted by Gasteiger charge is 2.46. The Morgan fingerprint density at radius 1 is 0.946 bits per heavy atom. The molecule has 1 heterocycles. The number of hydrogen-bond donors (Lipinski definition) is 1. The van der Waals surface area contributed by atoms with E-state index in [-0.39, 0.29) is 11.3 Å². The number of likely N-dealkylation sites (tertiary alicyclic amines) is 1. The van der Waals surface area contributed by atoms with E-state index in [2.05, 4.69) is 18.7 Å². The highest BCUT2D eigenvalue weighted by molar-refractivity contribution is 6.46. The number of nitrogens with zero attached hydrogens (tertiary/aromatic N) is 2. The standard InChI is InChI=1S/C29H38N2O6/c1-6-30(7-2)17-10-18-31-26(21-13-16-23(36-8-3)24(19-21)37-9-4)25(28(33)29(31)34)27(32)20-11-14-22(35-5)15-12-20/h11-16,19,26,32H,6-10,17-18H2,1-5H3/t26-/m1/s1. The Bertz CT molecular complexity index is 1110. The summed E-state index contributed by atoms with van der Waals surface area (Å²) < 4.78 is 16.7. The van der Waals surface area contributed by atoms with Gasteiger partial charge in [-0.3, -0.25) is 9.59 Å². The first-order valence-electron chi connectivity index (χ1n) is 12.9. The summed E-state index contributed by atoms with van der Waals surface area (Å²) in [4.78, 5) is 30.4. The molecule has 0 unspecified atom stereocenters. The molecule has 0 radical (unpaired) electrons. The number of carbonyl (C=O) groups is 2. The molecule has 3 rings (SSSR count). The van der Waals surface area contributed by atoms with Crippen LogP contribution in [0.5, 0.6) is 17.2 Å². The minimum absolute atomic E-state index is 0.0598. The van der Waals surface area contributed by atoms with Crippen LogP contribution >= 0.6 is 0 Å². The summed E-state index contributed by atoms with van der Waals surface area (Å²) in [6, 6.07) is 11.4. The number of amides is 1. The van der Waals surface area contributed by atoms with Crippen molar-refractivity contribution in [2.24, 2.45) is 0 Å². The SMILES string of the molecule is CCOc1ccc([C@@H]2C(=C(O)c3ccc(OC)cc3)C(=O)C(=O)N2CCCN(CC)CC)cc1OCC. The van der Waals surface area contributed by atoms with Crippen molar-refractivity contribution in [1.29, 1.82) is 0 Å². The van der Waals surface area contributed by atoms with Gasteiger partial charge in [0.1, 0.15) is 11.5 Å². The summed E-state index contributed by atoms with van der Waals surface area (Å²) in [6.45, 7) is 11.9. The van der Waals surface area contributed by atoms with E-state index in [1.54, 1.807) is 48.4 Å². The Balaban J connectivity index is 2.09. The fourth-order valence-electron chi connectivity index (χ4n) is 4.60. The normalized spacial score (nSPS) is 16.9. The molecular formula is C29H38N2O6. The van der Waals surface area contributed by atoms with E-state index < -0.39 is 17.7 Å². The van der Waals surface area contributed by atoms with Gasteiger partial charge in [0.25, 0.3) is 11.7 Å². The van der Waals surface area contributed by atoms with Crippen LogP contribution in [-0.2, 0) is 9.59 Å². The van der Waals surface area contributed by atoms with Crippen LogP contribution in [0.25, 0.3) is 5.76 Å². The molecule has 1 saturated heterocycles. The Hall–Kier alpha value is -3.52. The van der Waals surface area contributed by atoms with Crippen molar-refractivity contribution < 1.29 is 28.9 Å². The van der Waals surface area contributed by atoms with Crippen LogP contribution in [0.15, 0.2) is 48.0 Å². The number of Topliss-reactive ketones (excluding diaryl/α,β-unsaturated/α-hetero) is 1. The van der Waals surface area contributed by atoms with Gasteiger partial charge in [-0.15, -0.1) is 0 Å². The summed E-state index contributed by atoms with van der Waals surface area (Å²) >= 11 is 0. The van der Waals surface area contributed by atoms with Gasteiger partial charge in [-0.25, -0.2) is 0 Å². The molecule has 2 aromatic carbocycles. The molecule has 0 saturated carbocycles. The molecule has 2 aromatic rings.